The summed E-state index contributed by atoms with van der Waals surface area (Å²) in [5.74, 6) is 1.53. The Morgan fingerprint density at radius 2 is 2.00 bits per heavy atom. The molecule has 6 heteroatoms. The van der Waals surface area contributed by atoms with Gasteiger partial charge in [-0.15, -0.1) is 0 Å². The smallest absolute Gasteiger partial charge is 0.410 e. The maximum atomic E-state index is 12.3. The van der Waals surface area contributed by atoms with E-state index in [-0.39, 0.29) is 12.1 Å². The quantitative estimate of drug-likeness (QED) is 0.927. The Morgan fingerprint density at radius 3 is 2.61 bits per heavy atom. The maximum absolute atomic E-state index is 12.3. The van der Waals surface area contributed by atoms with E-state index >= 15 is 0 Å². The molecule has 1 aliphatic heterocycles. The topological polar surface area (TPSA) is 60.0 Å². The van der Waals surface area contributed by atoms with Crippen LogP contribution in [0.2, 0.25) is 0 Å². The van der Waals surface area contributed by atoms with Crippen molar-refractivity contribution < 1.29 is 19.0 Å². The number of benzene rings is 1. The summed E-state index contributed by atoms with van der Waals surface area (Å²) in [5.41, 5.74) is 0.477. The summed E-state index contributed by atoms with van der Waals surface area (Å²) in [7, 11) is 3.27. The molecule has 2 rings (SSSR count). The molecule has 1 amide bonds. The van der Waals surface area contributed by atoms with E-state index in [1.807, 2.05) is 39.0 Å². The fourth-order valence-corrected chi connectivity index (χ4v) is 2.56. The van der Waals surface area contributed by atoms with Crippen LogP contribution in [0, 0.1) is 0 Å². The third-order valence-corrected chi connectivity index (χ3v) is 3.64. The zero-order valence-corrected chi connectivity index (χ0v) is 14.5. The second-order valence-corrected chi connectivity index (χ2v) is 6.54. The van der Waals surface area contributed by atoms with E-state index in [4.69, 9.17) is 14.2 Å². The molecule has 0 spiro atoms. The molecule has 0 bridgehead atoms. The summed E-state index contributed by atoms with van der Waals surface area (Å²) >= 11 is 0. The van der Waals surface area contributed by atoms with Crippen LogP contribution in [0.15, 0.2) is 18.2 Å². The Morgan fingerprint density at radius 1 is 1.26 bits per heavy atom. The van der Waals surface area contributed by atoms with Crippen molar-refractivity contribution in [3.8, 4) is 11.5 Å². The number of hydrogen-bond donors (Lipinski definition) is 1. The monoisotopic (exact) mass is 322 g/mol. The van der Waals surface area contributed by atoms with Gasteiger partial charge in [0.05, 0.1) is 20.3 Å². The fraction of sp³-hybridized carbons (Fsp3) is 0.588. The summed E-state index contributed by atoms with van der Waals surface area (Å²) < 4.78 is 16.2. The minimum absolute atomic E-state index is 0.0266. The van der Waals surface area contributed by atoms with Gasteiger partial charge in [-0.1, -0.05) is 0 Å². The van der Waals surface area contributed by atoms with E-state index in [1.54, 1.807) is 19.1 Å². The van der Waals surface area contributed by atoms with Crippen molar-refractivity contribution in [1.82, 2.24) is 10.2 Å². The number of nitrogens with one attached hydrogen (secondary N) is 1. The van der Waals surface area contributed by atoms with Gasteiger partial charge in [-0.2, -0.15) is 0 Å². The van der Waals surface area contributed by atoms with E-state index in [0.717, 1.165) is 17.1 Å². The zero-order chi connectivity index (χ0) is 17.0. The Kier molecular flexibility index (Phi) is 5.36. The number of hydrogen-bond acceptors (Lipinski definition) is 5. The molecule has 1 heterocycles. The molecule has 0 saturated carbocycles. The van der Waals surface area contributed by atoms with Crippen LogP contribution in [-0.2, 0) is 4.74 Å². The van der Waals surface area contributed by atoms with Crippen molar-refractivity contribution in [3.63, 3.8) is 0 Å². The van der Waals surface area contributed by atoms with E-state index in [0.29, 0.717) is 19.6 Å². The van der Waals surface area contributed by atoms with E-state index in [1.165, 1.54) is 0 Å². The number of nitrogens with zero attached hydrogens (tertiary/aromatic N) is 1. The molecule has 0 radical (unpaired) electrons. The number of carbonyl (C=O) groups is 1. The minimum Gasteiger partial charge on any atom is -0.497 e. The predicted molar refractivity (Wildman–Crippen MR) is 88.1 cm³/mol. The molecule has 23 heavy (non-hydrogen) atoms. The van der Waals surface area contributed by atoms with Crippen molar-refractivity contribution in [3.05, 3.63) is 23.8 Å². The van der Waals surface area contributed by atoms with Crippen molar-refractivity contribution >= 4 is 6.09 Å². The third-order valence-electron chi connectivity index (χ3n) is 3.64. The lowest BCUT2D eigenvalue weighted by atomic mass is 10.0. The van der Waals surface area contributed by atoms with Gasteiger partial charge in [-0.25, -0.2) is 4.79 Å². The van der Waals surface area contributed by atoms with Crippen molar-refractivity contribution in [2.45, 2.75) is 32.4 Å². The van der Waals surface area contributed by atoms with Gasteiger partial charge in [0, 0.05) is 25.2 Å². The molecule has 0 aromatic heterocycles. The van der Waals surface area contributed by atoms with Crippen LogP contribution in [0.5, 0.6) is 11.5 Å². The number of rotatable bonds is 3. The number of amides is 1. The summed E-state index contributed by atoms with van der Waals surface area (Å²) in [6.07, 6.45) is -0.286. The van der Waals surface area contributed by atoms with Crippen molar-refractivity contribution in [1.29, 1.82) is 0 Å². The molecule has 1 atom stereocenters. The van der Waals surface area contributed by atoms with Crippen molar-refractivity contribution in [2.75, 3.05) is 33.9 Å². The summed E-state index contributed by atoms with van der Waals surface area (Å²) in [5, 5.41) is 3.42. The lowest BCUT2D eigenvalue weighted by Crippen LogP contribution is -2.49. The highest BCUT2D eigenvalue weighted by molar-refractivity contribution is 5.68. The highest BCUT2D eigenvalue weighted by Crippen LogP contribution is 2.31. The number of methoxy groups -OCH3 is 2. The second kappa shape index (κ2) is 7.08. The van der Waals surface area contributed by atoms with Crippen LogP contribution in [0.1, 0.15) is 32.4 Å². The third kappa shape index (κ3) is 4.51. The van der Waals surface area contributed by atoms with Crippen LogP contribution >= 0.6 is 0 Å². The normalized spacial score (nSPS) is 18.5. The fourth-order valence-electron chi connectivity index (χ4n) is 2.56. The van der Waals surface area contributed by atoms with Gasteiger partial charge in [0.1, 0.15) is 17.1 Å². The standard InChI is InChI=1S/C17H26N2O4/c1-17(2,3)23-16(20)19-9-8-18-14(11-19)13-10-12(21-4)6-7-15(13)22-5/h6-7,10,14,18H,8-9,11H2,1-5H3/t14-/m0/s1. The van der Waals surface area contributed by atoms with Gasteiger partial charge in [0.25, 0.3) is 0 Å². The predicted octanol–water partition coefficient (Wildman–Crippen LogP) is 2.59. The molecule has 1 aliphatic rings. The van der Waals surface area contributed by atoms with Gasteiger partial charge in [0.15, 0.2) is 0 Å². The Hall–Kier alpha value is -1.95. The van der Waals surface area contributed by atoms with Gasteiger partial charge in [-0.3, -0.25) is 0 Å². The van der Waals surface area contributed by atoms with Crippen LogP contribution in [0.4, 0.5) is 4.79 Å². The van der Waals surface area contributed by atoms with E-state index in [9.17, 15) is 4.79 Å². The molecule has 0 aliphatic carbocycles. The summed E-state index contributed by atoms with van der Waals surface area (Å²) in [4.78, 5) is 14.0. The molecule has 0 unspecified atom stereocenters. The first-order chi connectivity index (χ1) is 10.8. The number of carbonyl (C=O) groups excluding carboxylic acids is 1. The number of piperazine rings is 1. The highest BCUT2D eigenvalue weighted by Gasteiger charge is 2.29. The van der Waals surface area contributed by atoms with Crippen LogP contribution < -0.4 is 14.8 Å². The molecule has 1 aromatic rings. The molecular formula is C17H26N2O4. The van der Waals surface area contributed by atoms with Gasteiger partial charge in [0.2, 0.25) is 0 Å². The highest BCUT2D eigenvalue weighted by atomic mass is 16.6. The van der Waals surface area contributed by atoms with Crippen molar-refractivity contribution in [2.24, 2.45) is 0 Å². The lowest BCUT2D eigenvalue weighted by Gasteiger charge is -2.35. The van der Waals surface area contributed by atoms with E-state index in [2.05, 4.69) is 5.32 Å². The second-order valence-electron chi connectivity index (χ2n) is 6.54. The Labute approximate surface area is 137 Å². The Bertz CT molecular complexity index is 554. The molecule has 1 N–H and O–H groups in total. The SMILES string of the molecule is COc1ccc(OC)c([C@@H]2CN(C(=O)OC(C)(C)C)CCN2)c1. The van der Waals surface area contributed by atoms with Crippen LogP contribution in [0.25, 0.3) is 0 Å². The first kappa shape index (κ1) is 17.4. The molecule has 1 fully saturated rings. The van der Waals surface area contributed by atoms with Crippen LogP contribution in [0.3, 0.4) is 0 Å². The molecule has 6 nitrogen and oxygen atoms in total. The molecule has 128 valence electrons. The Balaban J connectivity index is 2.16. The van der Waals surface area contributed by atoms with Crippen LogP contribution in [-0.4, -0.2) is 50.4 Å². The largest absolute Gasteiger partial charge is 0.497 e. The summed E-state index contributed by atoms with van der Waals surface area (Å²) in [6, 6.07) is 5.65. The molecular weight excluding hydrogens is 296 g/mol. The zero-order valence-electron chi connectivity index (χ0n) is 14.5. The van der Waals surface area contributed by atoms with E-state index < -0.39 is 5.60 Å². The van der Waals surface area contributed by atoms with Gasteiger partial charge in [-0.05, 0) is 39.0 Å². The van der Waals surface area contributed by atoms with Gasteiger partial charge >= 0.3 is 6.09 Å². The number of ether oxygens (including phenoxy) is 3. The average molecular weight is 322 g/mol. The first-order valence-corrected chi connectivity index (χ1v) is 7.77. The minimum atomic E-state index is -0.495. The summed E-state index contributed by atoms with van der Waals surface area (Å²) in [6.45, 7) is 7.46. The first-order valence-electron chi connectivity index (χ1n) is 7.77. The molecule has 1 aromatic carbocycles. The average Bonchev–Trinajstić information content (AvgIpc) is 2.52. The lowest BCUT2D eigenvalue weighted by molar-refractivity contribution is 0.0194. The van der Waals surface area contributed by atoms with Gasteiger partial charge < -0.3 is 24.4 Å². The molecule has 1 saturated heterocycles. The maximum Gasteiger partial charge on any atom is 0.410 e.